The van der Waals surface area contributed by atoms with Gasteiger partial charge < -0.3 is 4.90 Å². The van der Waals surface area contributed by atoms with Crippen LogP contribution in [0.4, 0.5) is 11.4 Å². The van der Waals surface area contributed by atoms with Crippen molar-refractivity contribution in [2.75, 3.05) is 4.90 Å². The highest BCUT2D eigenvalue weighted by atomic mass is 79.9. The third kappa shape index (κ3) is 3.24. The zero-order valence-corrected chi connectivity index (χ0v) is 19.0. The van der Waals surface area contributed by atoms with E-state index in [0.717, 1.165) is 9.37 Å². The van der Waals surface area contributed by atoms with Gasteiger partial charge in [-0.2, -0.15) is 5.26 Å². The molecule has 0 spiro atoms. The number of carbonyl (C=O) groups excluding carboxylic acids is 3. The zero-order chi connectivity index (χ0) is 24.1. The molecule has 2 aromatic rings. The van der Waals surface area contributed by atoms with Crippen molar-refractivity contribution in [2.24, 2.45) is 11.8 Å². The molecule has 5 rings (SSSR count). The summed E-state index contributed by atoms with van der Waals surface area (Å²) in [6.45, 7) is 0. The van der Waals surface area contributed by atoms with Crippen molar-refractivity contribution in [1.82, 2.24) is 4.90 Å². The lowest BCUT2D eigenvalue weighted by Gasteiger charge is -2.32. The Bertz CT molecular complexity index is 1360. The Hall–Kier alpha value is -4.10. The van der Waals surface area contributed by atoms with Crippen LogP contribution in [0.5, 0.6) is 0 Å². The number of benzene rings is 2. The summed E-state index contributed by atoms with van der Waals surface area (Å²) in [5, 5.41) is 20.6. The number of Topliss-reactive ketones (excluding diaryl/α,β-unsaturated/α-hetero) is 1. The lowest BCUT2D eigenvalue weighted by atomic mass is 9.86. The van der Waals surface area contributed by atoms with Crippen molar-refractivity contribution in [3.8, 4) is 6.07 Å². The Morgan fingerprint density at radius 3 is 2.47 bits per heavy atom. The number of nitro benzene ring substituents is 1. The second kappa shape index (κ2) is 8.04. The SMILES string of the molecule is N#CC1=C[C@@H]2[C@H]3C(=O)N(c4ccc(Br)cc4)C(=O)[C@@H]3[C@H](C(=O)c3cccc([N+](=O)[O-])c3)N2C=C1. The first kappa shape index (κ1) is 21.7. The highest BCUT2D eigenvalue weighted by molar-refractivity contribution is 9.10. The van der Waals surface area contributed by atoms with E-state index in [0.29, 0.717) is 11.3 Å². The van der Waals surface area contributed by atoms with Crippen molar-refractivity contribution >= 4 is 44.9 Å². The second-order valence-electron chi connectivity index (χ2n) is 8.14. The van der Waals surface area contributed by atoms with Gasteiger partial charge in [-0.05, 0) is 36.4 Å². The molecule has 0 aliphatic carbocycles. The highest BCUT2D eigenvalue weighted by Gasteiger charge is 2.63. The first-order valence-corrected chi connectivity index (χ1v) is 11.1. The Morgan fingerprint density at radius 2 is 1.79 bits per heavy atom. The first-order chi connectivity index (χ1) is 16.3. The second-order valence-corrected chi connectivity index (χ2v) is 9.06. The molecular formula is C24H15BrN4O5. The Kier molecular flexibility index (Phi) is 5.14. The lowest BCUT2D eigenvalue weighted by Crippen LogP contribution is -2.46. The third-order valence-electron chi connectivity index (χ3n) is 6.37. The number of hydrogen-bond donors (Lipinski definition) is 0. The van der Waals surface area contributed by atoms with Gasteiger partial charge >= 0.3 is 0 Å². The Labute approximate surface area is 201 Å². The normalized spacial score (nSPS) is 25.0. The number of nitro groups is 1. The summed E-state index contributed by atoms with van der Waals surface area (Å²) in [7, 11) is 0. The van der Waals surface area contributed by atoms with E-state index in [9.17, 15) is 29.8 Å². The average Bonchev–Trinajstić information content (AvgIpc) is 3.31. The van der Waals surface area contributed by atoms with E-state index in [1.807, 2.05) is 6.07 Å². The van der Waals surface area contributed by atoms with Crippen molar-refractivity contribution in [3.05, 3.63) is 92.6 Å². The van der Waals surface area contributed by atoms with Gasteiger partial charge in [0, 0.05) is 28.4 Å². The maximum Gasteiger partial charge on any atom is 0.270 e. The van der Waals surface area contributed by atoms with Crippen LogP contribution < -0.4 is 4.90 Å². The fraction of sp³-hybridized carbons (Fsp3) is 0.167. The van der Waals surface area contributed by atoms with Gasteiger partial charge in [-0.25, -0.2) is 4.90 Å². The summed E-state index contributed by atoms with van der Waals surface area (Å²) >= 11 is 3.33. The summed E-state index contributed by atoms with van der Waals surface area (Å²) in [5.74, 6) is -3.36. The molecule has 0 N–H and O–H groups in total. The monoisotopic (exact) mass is 518 g/mol. The molecule has 10 heteroatoms. The minimum Gasteiger partial charge on any atom is -0.359 e. The molecule has 3 aliphatic heterocycles. The van der Waals surface area contributed by atoms with Gasteiger partial charge in [0.1, 0.15) is 6.04 Å². The highest BCUT2D eigenvalue weighted by Crippen LogP contribution is 2.47. The topological polar surface area (TPSA) is 125 Å². The van der Waals surface area contributed by atoms with Crippen LogP contribution in [0.3, 0.4) is 0 Å². The fourth-order valence-electron chi connectivity index (χ4n) is 4.91. The Morgan fingerprint density at radius 1 is 1.09 bits per heavy atom. The van der Waals surface area contributed by atoms with Crippen LogP contribution in [0, 0.1) is 33.3 Å². The molecule has 0 radical (unpaired) electrons. The van der Waals surface area contributed by atoms with E-state index in [1.165, 1.54) is 30.3 Å². The van der Waals surface area contributed by atoms with E-state index < -0.39 is 46.4 Å². The number of allylic oxidation sites excluding steroid dienone is 2. The number of nitrogens with zero attached hydrogens (tertiary/aromatic N) is 4. The molecule has 4 atom stereocenters. The molecule has 34 heavy (non-hydrogen) atoms. The van der Waals surface area contributed by atoms with Gasteiger partial charge in [-0.3, -0.25) is 24.5 Å². The summed E-state index contributed by atoms with van der Waals surface area (Å²) in [6, 6.07) is 12.3. The molecule has 2 aromatic carbocycles. The summed E-state index contributed by atoms with van der Waals surface area (Å²) in [6.07, 6.45) is 4.66. The number of halogens is 1. The molecular weight excluding hydrogens is 504 g/mol. The summed E-state index contributed by atoms with van der Waals surface area (Å²) < 4.78 is 0.777. The number of imide groups is 1. The quantitative estimate of drug-likeness (QED) is 0.263. The molecule has 2 fully saturated rings. The zero-order valence-electron chi connectivity index (χ0n) is 17.4. The smallest absolute Gasteiger partial charge is 0.270 e. The van der Waals surface area contributed by atoms with E-state index in [1.54, 1.807) is 41.4 Å². The van der Waals surface area contributed by atoms with E-state index in [4.69, 9.17) is 0 Å². The first-order valence-electron chi connectivity index (χ1n) is 10.3. The minimum atomic E-state index is -1.05. The molecule has 0 aromatic heterocycles. The van der Waals surface area contributed by atoms with Crippen LogP contribution in [0.2, 0.25) is 0 Å². The van der Waals surface area contributed by atoms with Crippen LogP contribution >= 0.6 is 15.9 Å². The van der Waals surface area contributed by atoms with Crippen molar-refractivity contribution < 1.29 is 19.3 Å². The number of nitriles is 1. The molecule has 0 unspecified atom stereocenters. The number of rotatable bonds is 4. The minimum absolute atomic E-state index is 0.0735. The van der Waals surface area contributed by atoms with Crippen molar-refractivity contribution in [2.45, 2.75) is 12.1 Å². The van der Waals surface area contributed by atoms with Crippen LogP contribution in [0.15, 0.2) is 76.9 Å². The number of hydrogen-bond acceptors (Lipinski definition) is 7. The molecule has 3 heterocycles. The standard InChI is InChI=1S/C24H15BrN4O5/c25-15-4-6-16(7-5-15)28-23(31)19-18-10-13(12-26)8-9-27(18)21(20(19)24(28)32)22(30)14-2-1-3-17(11-14)29(33)34/h1-11,18-21H/t18-,19-,20+,21-/m1/s1. The van der Waals surface area contributed by atoms with Crippen molar-refractivity contribution in [1.29, 1.82) is 5.26 Å². The van der Waals surface area contributed by atoms with Crippen LogP contribution in [-0.2, 0) is 9.59 Å². The largest absolute Gasteiger partial charge is 0.359 e. The van der Waals surface area contributed by atoms with Crippen LogP contribution in [0.1, 0.15) is 10.4 Å². The summed E-state index contributed by atoms with van der Waals surface area (Å²) in [4.78, 5) is 54.1. The van der Waals surface area contributed by atoms with Gasteiger partial charge in [0.25, 0.3) is 5.69 Å². The average molecular weight is 519 g/mol. The molecule has 0 bridgehead atoms. The van der Waals surface area contributed by atoms with E-state index in [2.05, 4.69) is 15.9 Å². The van der Waals surface area contributed by atoms with Gasteiger partial charge in [0.15, 0.2) is 5.78 Å². The summed E-state index contributed by atoms with van der Waals surface area (Å²) in [5.41, 5.74) is 0.537. The molecule has 3 aliphatic rings. The third-order valence-corrected chi connectivity index (χ3v) is 6.90. The number of non-ortho nitro benzene ring substituents is 1. The van der Waals surface area contributed by atoms with Crippen molar-refractivity contribution in [3.63, 3.8) is 0 Å². The fourth-order valence-corrected chi connectivity index (χ4v) is 5.17. The number of amides is 2. The van der Waals surface area contributed by atoms with Gasteiger partial charge in [-0.15, -0.1) is 0 Å². The number of ketones is 1. The van der Waals surface area contributed by atoms with Gasteiger partial charge in [0.05, 0.1) is 40.1 Å². The van der Waals surface area contributed by atoms with E-state index in [-0.39, 0.29) is 11.3 Å². The van der Waals surface area contributed by atoms with Gasteiger partial charge in [0.2, 0.25) is 11.8 Å². The number of anilines is 1. The Balaban J connectivity index is 1.60. The van der Waals surface area contributed by atoms with Crippen LogP contribution in [0.25, 0.3) is 0 Å². The maximum absolute atomic E-state index is 13.6. The molecule has 9 nitrogen and oxygen atoms in total. The molecule has 168 valence electrons. The molecule has 2 saturated heterocycles. The number of fused-ring (bicyclic) bond motifs is 3. The van der Waals surface area contributed by atoms with Gasteiger partial charge in [-0.1, -0.05) is 28.1 Å². The predicted octanol–water partition coefficient (Wildman–Crippen LogP) is 3.38. The van der Waals surface area contributed by atoms with E-state index >= 15 is 0 Å². The molecule has 2 amide bonds. The maximum atomic E-state index is 13.6. The van der Waals surface area contributed by atoms with Crippen LogP contribution in [-0.4, -0.2) is 39.5 Å². The molecule has 0 saturated carbocycles. The predicted molar refractivity (Wildman–Crippen MR) is 123 cm³/mol. The lowest BCUT2D eigenvalue weighted by molar-refractivity contribution is -0.384. The number of carbonyl (C=O) groups is 3.